The number of thiocarbonyl (C=S) groups is 1. The molecule has 4 rings (SSSR count). The molecule has 2 aromatic heterocycles. The molecule has 1 aliphatic rings. The Kier molecular flexibility index (Phi) is 6.55. The van der Waals surface area contributed by atoms with Gasteiger partial charge in [0.25, 0.3) is 5.91 Å². The lowest BCUT2D eigenvalue weighted by Gasteiger charge is -2.18. The van der Waals surface area contributed by atoms with Crippen LogP contribution < -0.4 is 16.0 Å². The van der Waals surface area contributed by atoms with Crippen LogP contribution in [0.25, 0.3) is 10.2 Å². The highest BCUT2D eigenvalue weighted by molar-refractivity contribution is 14.1. The van der Waals surface area contributed by atoms with Gasteiger partial charge in [-0.3, -0.25) is 4.79 Å². The molecule has 1 amide bonds. The van der Waals surface area contributed by atoms with Gasteiger partial charge >= 0.3 is 0 Å². The Hall–Kier alpha value is -2.09. The maximum absolute atomic E-state index is 14.4. The number of hydrogen-bond donors (Lipinski definition) is 4. The van der Waals surface area contributed by atoms with Gasteiger partial charge in [0.15, 0.2) is 5.11 Å². The van der Waals surface area contributed by atoms with Gasteiger partial charge in [-0.15, -0.1) is 0 Å². The number of amides is 1. The van der Waals surface area contributed by atoms with E-state index in [0.29, 0.717) is 25.9 Å². The Morgan fingerprint density at radius 3 is 2.94 bits per heavy atom. The molecule has 0 aliphatic carbocycles. The number of benzene rings is 1. The lowest BCUT2D eigenvalue weighted by Crippen LogP contribution is -2.46. The molecule has 0 spiro atoms. The number of likely N-dealkylation sites (tertiary alicyclic amines) is 1. The number of carbonyl (C=O) groups is 1. The smallest absolute Gasteiger partial charge is 0.257 e. The Labute approximate surface area is 201 Å². The van der Waals surface area contributed by atoms with Crippen LogP contribution in [-0.4, -0.2) is 58.3 Å². The van der Waals surface area contributed by atoms with E-state index >= 15 is 0 Å². The monoisotopic (exact) mass is 571 g/mol. The van der Waals surface area contributed by atoms with Crippen LogP contribution in [0.15, 0.2) is 36.5 Å². The van der Waals surface area contributed by atoms with Crippen molar-refractivity contribution in [1.29, 1.82) is 0 Å². The van der Waals surface area contributed by atoms with Gasteiger partial charge in [-0.25, -0.2) is 9.37 Å². The van der Waals surface area contributed by atoms with Gasteiger partial charge in [-0.1, -0.05) is 11.3 Å². The number of hydrogen-bond acceptors (Lipinski definition) is 6. The molecule has 1 aromatic carbocycles. The first-order chi connectivity index (χ1) is 14.9. The van der Waals surface area contributed by atoms with Gasteiger partial charge in [0.05, 0.1) is 23.4 Å². The fourth-order valence-electron chi connectivity index (χ4n) is 3.44. The average molecular weight is 571 g/mol. The molecule has 3 aromatic rings. The van der Waals surface area contributed by atoms with Gasteiger partial charge < -0.3 is 26.0 Å². The van der Waals surface area contributed by atoms with Crippen molar-refractivity contribution in [2.24, 2.45) is 0 Å². The number of aromatic nitrogens is 1. The first kappa shape index (κ1) is 22.1. The zero-order valence-corrected chi connectivity index (χ0v) is 20.1. The molecule has 2 atom stereocenters. The van der Waals surface area contributed by atoms with Crippen molar-refractivity contribution < 1.29 is 14.3 Å². The number of aliphatic hydroxyl groups is 1. The molecular weight excluding hydrogens is 552 g/mol. The number of thiophene rings is 1. The number of pyridine rings is 1. The summed E-state index contributed by atoms with van der Waals surface area (Å²) in [5.74, 6) is -0.663. The molecule has 0 bridgehead atoms. The quantitative estimate of drug-likeness (QED) is 0.283. The van der Waals surface area contributed by atoms with Crippen LogP contribution in [0.1, 0.15) is 10.4 Å². The van der Waals surface area contributed by atoms with Crippen molar-refractivity contribution in [3.63, 3.8) is 0 Å². The van der Waals surface area contributed by atoms with Gasteiger partial charge in [0.2, 0.25) is 0 Å². The molecule has 1 fully saturated rings. The van der Waals surface area contributed by atoms with E-state index in [4.69, 9.17) is 12.2 Å². The summed E-state index contributed by atoms with van der Waals surface area (Å²) in [5, 5.41) is 20.9. The van der Waals surface area contributed by atoms with Crippen LogP contribution in [-0.2, 0) is 0 Å². The van der Waals surface area contributed by atoms with Gasteiger partial charge in [0.1, 0.15) is 15.6 Å². The molecular formula is C20H19FIN5O2S2. The first-order valence-electron chi connectivity index (χ1n) is 9.42. The molecule has 1 aliphatic heterocycles. The van der Waals surface area contributed by atoms with Crippen LogP contribution in [0.2, 0.25) is 0 Å². The third-order valence-electron chi connectivity index (χ3n) is 4.98. The summed E-state index contributed by atoms with van der Waals surface area (Å²) in [5.41, 5.74) is 0.691. The van der Waals surface area contributed by atoms with Crippen LogP contribution in [0.4, 0.5) is 15.1 Å². The van der Waals surface area contributed by atoms with E-state index in [1.54, 1.807) is 36.3 Å². The van der Waals surface area contributed by atoms with Crippen molar-refractivity contribution in [2.75, 3.05) is 25.5 Å². The number of anilines is 2. The van der Waals surface area contributed by atoms with Crippen molar-refractivity contribution >= 4 is 78.1 Å². The van der Waals surface area contributed by atoms with Crippen LogP contribution in [0.5, 0.6) is 0 Å². The maximum atomic E-state index is 14.4. The minimum Gasteiger partial charge on any atom is -0.389 e. The molecule has 162 valence electrons. The largest absolute Gasteiger partial charge is 0.389 e. The Morgan fingerprint density at radius 1 is 1.39 bits per heavy atom. The second kappa shape index (κ2) is 9.18. The Bertz CT molecular complexity index is 1160. The second-order valence-electron chi connectivity index (χ2n) is 7.02. The number of β-amino-alcohol motifs (C(OH)–C–C–N with tert-alkyl or cyclic N) is 1. The molecule has 4 N–H and O–H groups in total. The summed E-state index contributed by atoms with van der Waals surface area (Å²) in [4.78, 5) is 20.1. The van der Waals surface area contributed by atoms with Crippen molar-refractivity contribution in [3.8, 4) is 0 Å². The SMILES string of the molecule is CNC(=S)NC1CN(C(=O)c2c(Nc3ccc(I)cc3F)sc3ncccc23)CC1O. The van der Waals surface area contributed by atoms with Crippen LogP contribution in [0.3, 0.4) is 0 Å². The Balaban J connectivity index is 1.67. The molecule has 0 radical (unpaired) electrons. The third kappa shape index (κ3) is 4.59. The van der Waals surface area contributed by atoms with E-state index < -0.39 is 11.9 Å². The molecule has 7 nitrogen and oxygen atoms in total. The summed E-state index contributed by atoms with van der Waals surface area (Å²) >= 11 is 8.45. The fraction of sp³-hybridized carbons (Fsp3) is 0.250. The third-order valence-corrected chi connectivity index (χ3v) is 7.00. The predicted molar refractivity (Wildman–Crippen MR) is 133 cm³/mol. The molecule has 11 heteroatoms. The zero-order valence-electron chi connectivity index (χ0n) is 16.4. The highest BCUT2D eigenvalue weighted by atomic mass is 127. The summed E-state index contributed by atoms with van der Waals surface area (Å²) in [6.07, 6.45) is 0.893. The van der Waals surface area contributed by atoms with E-state index in [1.165, 1.54) is 17.4 Å². The van der Waals surface area contributed by atoms with Crippen LogP contribution >= 0.6 is 46.1 Å². The van der Waals surface area contributed by atoms with E-state index in [-0.39, 0.29) is 30.7 Å². The van der Waals surface area contributed by atoms with E-state index in [9.17, 15) is 14.3 Å². The van der Waals surface area contributed by atoms with E-state index in [0.717, 1.165) is 3.57 Å². The number of halogens is 2. The summed E-state index contributed by atoms with van der Waals surface area (Å²) in [6.45, 7) is 0.453. The molecule has 0 saturated carbocycles. The minimum atomic E-state index is -0.761. The fourth-order valence-corrected chi connectivity index (χ4v) is 5.09. The number of fused-ring (bicyclic) bond motifs is 1. The number of carbonyl (C=O) groups excluding carboxylic acids is 1. The lowest BCUT2D eigenvalue weighted by molar-refractivity contribution is 0.0768. The average Bonchev–Trinajstić information content (AvgIpc) is 3.29. The predicted octanol–water partition coefficient (Wildman–Crippen LogP) is 3.06. The number of nitrogens with one attached hydrogen (secondary N) is 3. The van der Waals surface area contributed by atoms with Crippen molar-refractivity contribution in [1.82, 2.24) is 20.5 Å². The van der Waals surface area contributed by atoms with Crippen molar-refractivity contribution in [3.05, 3.63) is 51.5 Å². The van der Waals surface area contributed by atoms with Crippen molar-refractivity contribution in [2.45, 2.75) is 12.1 Å². The standard InChI is InChI=1S/C20H19FIN5O2S2/c1-23-20(30)26-14-8-27(9-15(14)28)19(29)16-11-3-2-6-24-17(11)31-18(16)25-13-5-4-10(22)7-12(13)21/h2-7,14-15,25,28H,8-9H2,1H3,(H2,23,26,30). The summed E-state index contributed by atoms with van der Waals surface area (Å²) in [7, 11) is 1.69. The minimum absolute atomic E-state index is 0.164. The molecule has 31 heavy (non-hydrogen) atoms. The molecule has 3 heterocycles. The van der Waals surface area contributed by atoms with E-state index in [2.05, 4.69) is 20.9 Å². The van der Waals surface area contributed by atoms with Gasteiger partial charge in [0, 0.05) is 35.3 Å². The summed E-state index contributed by atoms with van der Waals surface area (Å²) in [6, 6.07) is 8.05. The Morgan fingerprint density at radius 2 is 2.19 bits per heavy atom. The molecule has 1 saturated heterocycles. The topological polar surface area (TPSA) is 89.5 Å². The van der Waals surface area contributed by atoms with Crippen LogP contribution in [0, 0.1) is 9.39 Å². The number of nitrogens with zero attached hydrogens (tertiary/aromatic N) is 2. The second-order valence-corrected chi connectivity index (χ2v) is 9.67. The number of rotatable bonds is 4. The zero-order chi connectivity index (χ0) is 22.1. The van der Waals surface area contributed by atoms with E-state index in [1.807, 2.05) is 28.7 Å². The highest BCUT2D eigenvalue weighted by Crippen LogP contribution is 2.38. The first-order valence-corrected chi connectivity index (χ1v) is 11.7. The van der Waals surface area contributed by atoms with Gasteiger partial charge in [-0.05, 0) is 65.1 Å². The lowest BCUT2D eigenvalue weighted by atomic mass is 10.1. The molecule has 2 unspecified atom stereocenters. The number of aliphatic hydroxyl groups excluding tert-OH is 1. The normalized spacial score (nSPS) is 18.3. The highest BCUT2D eigenvalue weighted by Gasteiger charge is 2.36. The summed E-state index contributed by atoms with van der Waals surface area (Å²) < 4.78 is 15.2. The van der Waals surface area contributed by atoms with Gasteiger partial charge in [-0.2, -0.15) is 0 Å². The maximum Gasteiger partial charge on any atom is 0.257 e.